The third kappa shape index (κ3) is 7.12. The van der Waals surface area contributed by atoms with Crippen LogP contribution < -0.4 is 0 Å². The molecule has 3 amide bonds. The number of piperazine rings is 1. The molecule has 4 rings (SSSR count). The Kier molecular flexibility index (Phi) is 9.55. The fraction of sp³-hybridized carbons (Fsp3) is 0.533. The van der Waals surface area contributed by atoms with E-state index in [4.69, 9.17) is 0 Å². The summed E-state index contributed by atoms with van der Waals surface area (Å²) >= 11 is 0. The second kappa shape index (κ2) is 12.5. The number of benzene rings is 2. The van der Waals surface area contributed by atoms with E-state index >= 15 is 0 Å². The van der Waals surface area contributed by atoms with Crippen molar-refractivity contribution in [1.29, 1.82) is 0 Å². The molecule has 242 valence electrons. The van der Waals surface area contributed by atoms with Crippen LogP contribution in [0.1, 0.15) is 66.6 Å². The van der Waals surface area contributed by atoms with Crippen molar-refractivity contribution in [2.24, 2.45) is 0 Å². The molecule has 14 heteroatoms. The predicted octanol–water partition coefficient (Wildman–Crippen LogP) is 5.97. The SMILES string of the molecule is CC(=O)N1CCN([C@H]2CCN(C(=O)N(C)[C@H](C)c3cc(C(F)(F)F)cc(C(F)(F)F)c3)[C@@H](c3ccc(F)cc3C)C2)CC1O. The number of aryl methyl sites for hydroxylation is 1. The zero-order valence-corrected chi connectivity index (χ0v) is 24.7. The summed E-state index contributed by atoms with van der Waals surface area (Å²) in [4.78, 5) is 31.8. The first kappa shape index (κ1) is 33.5. The summed E-state index contributed by atoms with van der Waals surface area (Å²) < 4.78 is 95.1. The fourth-order valence-corrected chi connectivity index (χ4v) is 6.11. The lowest BCUT2D eigenvalue weighted by Crippen LogP contribution is -2.59. The number of hydrogen-bond acceptors (Lipinski definition) is 4. The van der Waals surface area contributed by atoms with Crippen LogP contribution >= 0.6 is 0 Å². The van der Waals surface area contributed by atoms with Crippen LogP contribution in [0.2, 0.25) is 0 Å². The van der Waals surface area contributed by atoms with Crippen molar-refractivity contribution in [1.82, 2.24) is 19.6 Å². The minimum atomic E-state index is -5.03. The first-order chi connectivity index (χ1) is 20.4. The number of urea groups is 1. The lowest BCUT2D eigenvalue weighted by molar-refractivity contribution is -0.147. The van der Waals surface area contributed by atoms with E-state index in [1.165, 1.54) is 42.8 Å². The minimum absolute atomic E-state index is 0.0450. The Morgan fingerprint density at radius 3 is 2.09 bits per heavy atom. The second-order valence-corrected chi connectivity index (χ2v) is 11.5. The molecule has 0 saturated carbocycles. The van der Waals surface area contributed by atoms with Gasteiger partial charge in [0, 0.05) is 46.2 Å². The van der Waals surface area contributed by atoms with Gasteiger partial charge >= 0.3 is 18.4 Å². The molecule has 2 aliphatic rings. The van der Waals surface area contributed by atoms with Crippen molar-refractivity contribution in [2.45, 2.75) is 70.3 Å². The van der Waals surface area contributed by atoms with Gasteiger partial charge in [0.05, 0.1) is 23.2 Å². The third-order valence-electron chi connectivity index (χ3n) is 8.69. The van der Waals surface area contributed by atoms with Crippen LogP contribution in [0.3, 0.4) is 0 Å². The number of piperidine rings is 1. The molecule has 0 aromatic heterocycles. The Morgan fingerprint density at radius 1 is 0.955 bits per heavy atom. The lowest BCUT2D eigenvalue weighted by Gasteiger charge is -2.48. The Labute approximate surface area is 250 Å². The number of hydrogen-bond donors (Lipinski definition) is 1. The van der Waals surface area contributed by atoms with Crippen LogP contribution in [0.25, 0.3) is 0 Å². The highest BCUT2D eigenvalue weighted by Crippen LogP contribution is 2.40. The van der Waals surface area contributed by atoms with Gasteiger partial charge in [0.1, 0.15) is 12.0 Å². The Morgan fingerprint density at radius 2 is 1.57 bits per heavy atom. The zero-order valence-electron chi connectivity index (χ0n) is 24.7. The summed E-state index contributed by atoms with van der Waals surface area (Å²) in [5.74, 6) is -0.728. The van der Waals surface area contributed by atoms with Gasteiger partial charge in [0.15, 0.2) is 0 Å². The maximum atomic E-state index is 14.0. The fourth-order valence-electron chi connectivity index (χ4n) is 6.11. The van der Waals surface area contributed by atoms with Crippen molar-refractivity contribution in [2.75, 3.05) is 33.2 Å². The number of carbonyl (C=O) groups excluding carboxylic acids is 2. The number of nitrogens with zero attached hydrogens (tertiary/aromatic N) is 4. The molecule has 7 nitrogen and oxygen atoms in total. The van der Waals surface area contributed by atoms with Crippen molar-refractivity contribution < 1.29 is 45.4 Å². The second-order valence-electron chi connectivity index (χ2n) is 11.5. The first-order valence-electron chi connectivity index (χ1n) is 14.2. The largest absolute Gasteiger partial charge is 0.416 e. The highest BCUT2D eigenvalue weighted by atomic mass is 19.4. The predicted molar refractivity (Wildman–Crippen MR) is 147 cm³/mol. The maximum absolute atomic E-state index is 14.0. The molecule has 1 N–H and O–H groups in total. The number of carbonyl (C=O) groups is 2. The summed E-state index contributed by atoms with van der Waals surface area (Å²) in [6.07, 6.45) is -10.2. The molecule has 0 aliphatic carbocycles. The normalized spacial score (nSPS) is 22.6. The summed E-state index contributed by atoms with van der Waals surface area (Å²) in [7, 11) is 1.32. The number of amides is 3. The van der Waals surface area contributed by atoms with E-state index in [2.05, 4.69) is 0 Å². The van der Waals surface area contributed by atoms with Gasteiger partial charge in [0.25, 0.3) is 0 Å². The van der Waals surface area contributed by atoms with Gasteiger partial charge < -0.3 is 19.8 Å². The summed E-state index contributed by atoms with van der Waals surface area (Å²) in [5.41, 5.74) is -2.06. The van der Waals surface area contributed by atoms with E-state index in [1.54, 1.807) is 13.0 Å². The van der Waals surface area contributed by atoms with E-state index in [9.17, 15) is 45.4 Å². The van der Waals surface area contributed by atoms with Crippen LogP contribution in [0.4, 0.5) is 35.5 Å². The average Bonchev–Trinajstić information content (AvgIpc) is 2.94. The molecule has 2 aliphatic heterocycles. The molecule has 2 saturated heterocycles. The third-order valence-corrected chi connectivity index (χ3v) is 8.69. The Balaban J connectivity index is 1.63. The van der Waals surface area contributed by atoms with E-state index in [-0.39, 0.29) is 36.7 Å². The van der Waals surface area contributed by atoms with E-state index < -0.39 is 53.6 Å². The van der Waals surface area contributed by atoms with E-state index in [1.807, 2.05) is 4.90 Å². The average molecular weight is 633 g/mol. The highest BCUT2D eigenvalue weighted by molar-refractivity contribution is 5.76. The molecule has 4 atom stereocenters. The Hall–Kier alpha value is -3.39. The van der Waals surface area contributed by atoms with Crippen LogP contribution in [0.15, 0.2) is 36.4 Å². The summed E-state index contributed by atoms with van der Waals surface area (Å²) in [6, 6.07) is 2.92. The summed E-state index contributed by atoms with van der Waals surface area (Å²) in [6.45, 7) is 5.59. The van der Waals surface area contributed by atoms with Crippen LogP contribution in [-0.4, -0.2) is 82.1 Å². The van der Waals surface area contributed by atoms with Gasteiger partial charge in [-0.15, -0.1) is 0 Å². The molecule has 2 aromatic carbocycles. The maximum Gasteiger partial charge on any atom is 0.416 e. The van der Waals surface area contributed by atoms with E-state index in [0.717, 1.165) is 4.90 Å². The van der Waals surface area contributed by atoms with Crippen molar-refractivity contribution in [3.8, 4) is 0 Å². The van der Waals surface area contributed by atoms with Gasteiger partial charge in [0.2, 0.25) is 5.91 Å². The molecule has 0 radical (unpaired) electrons. The molecule has 0 bridgehead atoms. The molecular weight excluding hydrogens is 597 g/mol. The van der Waals surface area contributed by atoms with Gasteiger partial charge in [-0.2, -0.15) is 26.3 Å². The molecule has 1 unspecified atom stereocenters. The minimum Gasteiger partial charge on any atom is -0.372 e. The lowest BCUT2D eigenvalue weighted by atomic mass is 9.88. The number of alkyl halides is 6. The number of halogens is 7. The van der Waals surface area contributed by atoms with Crippen molar-refractivity contribution >= 4 is 11.9 Å². The zero-order chi connectivity index (χ0) is 32.7. The van der Waals surface area contributed by atoms with Gasteiger partial charge in [-0.1, -0.05) is 6.07 Å². The quantitative estimate of drug-likeness (QED) is 0.422. The molecule has 2 aromatic rings. The number of aliphatic hydroxyl groups excluding tert-OH is 1. The topological polar surface area (TPSA) is 67.3 Å². The number of β-amino-alcohol motifs (C(OH)–C–C–N with tert-alkyl or cyclic N) is 1. The smallest absolute Gasteiger partial charge is 0.372 e. The number of rotatable bonds is 4. The first-order valence-corrected chi connectivity index (χ1v) is 14.2. The summed E-state index contributed by atoms with van der Waals surface area (Å²) in [5, 5.41) is 10.5. The monoisotopic (exact) mass is 632 g/mol. The van der Waals surface area contributed by atoms with Crippen molar-refractivity contribution in [3.63, 3.8) is 0 Å². The van der Waals surface area contributed by atoms with Gasteiger partial charge in [-0.25, -0.2) is 9.18 Å². The highest BCUT2D eigenvalue weighted by Gasteiger charge is 2.41. The van der Waals surface area contributed by atoms with Crippen LogP contribution in [0.5, 0.6) is 0 Å². The molecule has 44 heavy (non-hydrogen) atoms. The number of aliphatic hydroxyl groups is 1. The van der Waals surface area contributed by atoms with Crippen LogP contribution in [-0.2, 0) is 17.1 Å². The van der Waals surface area contributed by atoms with Gasteiger partial charge in [-0.05, 0) is 73.7 Å². The Bertz CT molecular complexity index is 1350. The van der Waals surface area contributed by atoms with E-state index in [0.29, 0.717) is 49.2 Å². The number of likely N-dealkylation sites (tertiary alicyclic amines) is 1. The molecular formula is C30H35F7N4O3. The molecule has 2 fully saturated rings. The van der Waals surface area contributed by atoms with Crippen LogP contribution in [0, 0.1) is 12.7 Å². The van der Waals surface area contributed by atoms with Crippen molar-refractivity contribution in [3.05, 3.63) is 70.0 Å². The standard InChI is InChI=1S/C30H35F7N4O3/c1-17-11-23(31)5-6-25(17)26-15-24(39-9-10-40(19(3)42)27(43)16-39)7-8-41(26)28(44)38(4)18(2)20-12-21(29(32,33)34)14-22(13-20)30(35,36)37/h5-6,11-14,18,24,26-27,43H,7-10,15-16H2,1-4H3/t18-,24+,26-,27?/m1/s1. The van der Waals surface area contributed by atoms with Gasteiger partial charge in [-0.3, -0.25) is 9.69 Å². The molecule has 2 heterocycles. The molecule has 0 spiro atoms.